The number of pyridine rings is 1. The molecule has 2 aromatic heterocycles. The van der Waals surface area contributed by atoms with Crippen molar-refractivity contribution in [2.24, 2.45) is 0 Å². The molecular formula is C24H23ClN4O. The lowest BCUT2D eigenvalue weighted by Gasteiger charge is -2.31. The van der Waals surface area contributed by atoms with Crippen LogP contribution in [0.2, 0.25) is 5.15 Å². The molecule has 0 saturated heterocycles. The fraction of sp³-hybridized carbons (Fsp3) is 0.250. The van der Waals surface area contributed by atoms with Gasteiger partial charge in [-0.2, -0.15) is 0 Å². The predicted molar refractivity (Wildman–Crippen MR) is 120 cm³/mol. The third kappa shape index (κ3) is 4.26. The average molecular weight is 419 g/mol. The maximum absolute atomic E-state index is 12.6. The second-order valence-corrected chi connectivity index (χ2v) is 7.95. The van der Waals surface area contributed by atoms with Crippen LogP contribution < -0.4 is 4.90 Å². The van der Waals surface area contributed by atoms with Crippen LogP contribution in [-0.2, 0) is 6.42 Å². The number of carbonyl (C=O) groups excluding carboxylic acids is 1. The van der Waals surface area contributed by atoms with Gasteiger partial charge in [-0.1, -0.05) is 41.4 Å². The van der Waals surface area contributed by atoms with Gasteiger partial charge in [-0.25, -0.2) is 9.97 Å². The smallest absolute Gasteiger partial charge is 0.171 e. The van der Waals surface area contributed by atoms with Crippen LogP contribution in [0.1, 0.15) is 40.4 Å². The lowest BCUT2D eigenvalue weighted by molar-refractivity contribution is 0.0992. The third-order valence-electron chi connectivity index (χ3n) is 5.54. The molecule has 0 aliphatic carbocycles. The molecule has 0 saturated carbocycles. The van der Waals surface area contributed by atoms with E-state index in [-0.39, 0.29) is 5.78 Å². The highest BCUT2D eigenvalue weighted by atomic mass is 35.5. The Labute approximate surface area is 181 Å². The maximum atomic E-state index is 12.6. The van der Waals surface area contributed by atoms with Crippen LogP contribution in [0.5, 0.6) is 0 Å². The van der Waals surface area contributed by atoms with Crippen molar-refractivity contribution in [2.45, 2.75) is 26.7 Å². The minimum absolute atomic E-state index is 0.110. The molecule has 5 nitrogen and oxygen atoms in total. The van der Waals surface area contributed by atoms with E-state index in [0.29, 0.717) is 11.6 Å². The van der Waals surface area contributed by atoms with E-state index in [1.807, 2.05) is 19.1 Å². The monoisotopic (exact) mass is 418 g/mol. The summed E-state index contributed by atoms with van der Waals surface area (Å²) in [6.45, 7) is 5.69. The van der Waals surface area contributed by atoms with Crippen LogP contribution in [0, 0.1) is 6.92 Å². The van der Waals surface area contributed by atoms with Crippen molar-refractivity contribution >= 4 is 28.8 Å². The predicted octanol–water partition coefficient (Wildman–Crippen LogP) is 4.94. The molecule has 0 bridgehead atoms. The quantitative estimate of drug-likeness (QED) is 0.549. The molecule has 0 radical (unpaired) electrons. The molecule has 1 aliphatic heterocycles. The van der Waals surface area contributed by atoms with E-state index in [1.54, 1.807) is 30.9 Å². The fourth-order valence-corrected chi connectivity index (χ4v) is 4.02. The number of halogens is 1. The van der Waals surface area contributed by atoms with E-state index in [1.165, 1.54) is 11.1 Å². The molecule has 0 amide bonds. The summed E-state index contributed by atoms with van der Waals surface area (Å²) in [6.07, 6.45) is 7.99. The van der Waals surface area contributed by atoms with E-state index in [4.69, 9.17) is 11.6 Å². The number of Topliss-reactive ketones (excluding diaryl/α,β-unsaturated/α-hetero) is 1. The first-order chi connectivity index (χ1) is 14.5. The second kappa shape index (κ2) is 8.76. The summed E-state index contributed by atoms with van der Waals surface area (Å²) in [5.74, 6) is 0.832. The molecule has 3 aromatic rings. The number of aromatic nitrogens is 3. The summed E-state index contributed by atoms with van der Waals surface area (Å²) >= 11 is 6.25. The summed E-state index contributed by atoms with van der Waals surface area (Å²) in [6, 6.07) is 10.1. The SMILES string of the molecule is CC1=C(c2ccc(CC(=O)c3ccncc3C)cc2)CN(c2nccnc2Cl)CC1. The maximum Gasteiger partial charge on any atom is 0.171 e. The van der Waals surface area contributed by atoms with E-state index in [2.05, 4.69) is 38.9 Å². The van der Waals surface area contributed by atoms with Gasteiger partial charge in [-0.05, 0) is 48.6 Å². The molecule has 0 unspecified atom stereocenters. The molecule has 0 N–H and O–H groups in total. The highest BCUT2D eigenvalue weighted by Crippen LogP contribution is 2.31. The van der Waals surface area contributed by atoms with E-state index in [0.717, 1.165) is 47.6 Å². The first-order valence-electron chi connectivity index (χ1n) is 9.96. The van der Waals surface area contributed by atoms with Crippen molar-refractivity contribution < 1.29 is 4.79 Å². The molecule has 3 heterocycles. The van der Waals surface area contributed by atoms with Crippen molar-refractivity contribution in [3.05, 3.63) is 88.1 Å². The summed E-state index contributed by atoms with van der Waals surface area (Å²) in [5.41, 5.74) is 6.44. The van der Waals surface area contributed by atoms with Crippen LogP contribution in [0.4, 0.5) is 5.82 Å². The van der Waals surface area contributed by atoms with Gasteiger partial charge in [0.2, 0.25) is 0 Å². The highest BCUT2D eigenvalue weighted by Gasteiger charge is 2.21. The number of benzene rings is 1. The second-order valence-electron chi connectivity index (χ2n) is 7.59. The minimum atomic E-state index is 0.110. The van der Waals surface area contributed by atoms with Gasteiger partial charge >= 0.3 is 0 Å². The zero-order chi connectivity index (χ0) is 21.1. The first kappa shape index (κ1) is 20.2. The summed E-state index contributed by atoms with van der Waals surface area (Å²) < 4.78 is 0. The number of rotatable bonds is 5. The Hall–Kier alpha value is -3.05. The van der Waals surface area contributed by atoms with Gasteiger partial charge in [0.25, 0.3) is 0 Å². The average Bonchev–Trinajstić information content (AvgIpc) is 2.75. The molecular weight excluding hydrogens is 396 g/mol. The molecule has 6 heteroatoms. The molecule has 1 aliphatic rings. The lowest BCUT2D eigenvalue weighted by atomic mass is 9.93. The number of hydrogen-bond acceptors (Lipinski definition) is 5. The van der Waals surface area contributed by atoms with Crippen molar-refractivity contribution in [3.63, 3.8) is 0 Å². The number of aryl methyl sites for hydroxylation is 1. The Morgan fingerprint density at radius 1 is 1.07 bits per heavy atom. The number of ketones is 1. The number of hydrogen-bond donors (Lipinski definition) is 0. The Kier molecular flexibility index (Phi) is 5.91. The molecule has 1 aromatic carbocycles. The van der Waals surface area contributed by atoms with Gasteiger partial charge in [0.15, 0.2) is 16.8 Å². The molecule has 30 heavy (non-hydrogen) atoms. The molecule has 0 fully saturated rings. The fourth-order valence-electron chi connectivity index (χ4n) is 3.79. The molecule has 4 rings (SSSR count). The van der Waals surface area contributed by atoms with Crippen LogP contribution >= 0.6 is 11.6 Å². The zero-order valence-corrected chi connectivity index (χ0v) is 17.9. The molecule has 0 atom stereocenters. The van der Waals surface area contributed by atoms with Gasteiger partial charge < -0.3 is 4.90 Å². The number of anilines is 1. The zero-order valence-electron chi connectivity index (χ0n) is 17.1. The Morgan fingerprint density at radius 2 is 1.83 bits per heavy atom. The first-order valence-corrected chi connectivity index (χ1v) is 10.3. The van der Waals surface area contributed by atoms with Crippen LogP contribution in [0.25, 0.3) is 5.57 Å². The summed E-state index contributed by atoms with van der Waals surface area (Å²) in [5, 5.41) is 0.427. The lowest BCUT2D eigenvalue weighted by Crippen LogP contribution is -2.31. The van der Waals surface area contributed by atoms with Crippen LogP contribution in [0.3, 0.4) is 0 Å². The van der Waals surface area contributed by atoms with Gasteiger partial charge in [-0.3, -0.25) is 9.78 Å². The van der Waals surface area contributed by atoms with Gasteiger partial charge in [0.1, 0.15) is 0 Å². The standard InChI is InChI=1S/C24H23ClN4O/c1-16-8-12-29(24-23(25)27-10-11-28-24)15-21(16)19-5-3-18(4-6-19)13-22(30)20-7-9-26-14-17(20)2/h3-7,9-11,14H,8,12-13,15H2,1-2H3. The van der Waals surface area contributed by atoms with Gasteiger partial charge in [0, 0.05) is 49.9 Å². The molecule has 0 spiro atoms. The molecule has 152 valence electrons. The van der Waals surface area contributed by atoms with Crippen molar-refractivity contribution in [1.29, 1.82) is 0 Å². The van der Waals surface area contributed by atoms with E-state index < -0.39 is 0 Å². The summed E-state index contributed by atoms with van der Waals surface area (Å²) in [4.78, 5) is 27.4. The van der Waals surface area contributed by atoms with Crippen LogP contribution in [-0.4, -0.2) is 33.8 Å². The van der Waals surface area contributed by atoms with Crippen molar-refractivity contribution in [2.75, 3.05) is 18.0 Å². The van der Waals surface area contributed by atoms with Gasteiger partial charge in [0.05, 0.1) is 0 Å². The summed E-state index contributed by atoms with van der Waals surface area (Å²) in [7, 11) is 0. The van der Waals surface area contributed by atoms with E-state index in [9.17, 15) is 4.79 Å². The normalized spacial score (nSPS) is 14.2. The van der Waals surface area contributed by atoms with Crippen molar-refractivity contribution in [1.82, 2.24) is 15.0 Å². The Bertz CT molecular complexity index is 1110. The van der Waals surface area contributed by atoms with Gasteiger partial charge in [-0.15, -0.1) is 0 Å². The minimum Gasteiger partial charge on any atom is -0.349 e. The van der Waals surface area contributed by atoms with Crippen LogP contribution in [0.15, 0.2) is 60.7 Å². The third-order valence-corrected chi connectivity index (χ3v) is 5.81. The van der Waals surface area contributed by atoms with E-state index >= 15 is 0 Å². The largest absolute Gasteiger partial charge is 0.349 e. The van der Waals surface area contributed by atoms with Crippen molar-refractivity contribution in [3.8, 4) is 0 Å². The highest BCUT2D eigenvalue weighted by molar-refractivity contribution is 6.31. The topological polar surface area (TPSA) is 59.0 Å². The Morgan fingerprint density at radius 3 is 2.57 bits per heavy atom. The number of nitrogens with zero attached hydrogens (tertiary/aromatic N) is 4. The Balaban J connectivity index is 1.51. The number of carbonyl (C=O) groups is 1.